The summed E-state index contributed by atoms with van der Waals surface area (Å²) in [6, 6.07) is 9.38. The Labute approximate surface area is 183 Å². The van der Waals surface area contributed by atoms with Gasteiger partial charge in [0.25, 0.3) is 0 Å². The number of benzene rings is 2. The molecule has 6 heteroatoms. The molecule has 5 rings (SSSR count). The molecule has 0 amide bonds. The summed E-state index contributed by atoms with van der Waals surface area (Å²) in [5.41, 5.74) is 6.21. The number of piperazine rings is 2. The standard InChI is InChI=1S/C24H32N5S/c1-17-13-19(28-9-5-26(3)6-10-28)15-21-23(17)25-24-18(2)14-20(16-22(24)30-21)29-11-7-27(4)8-12-29/h13-16H,5-12H2,1-4H3/q+1. The number of anilines is 1. The van der Waals surface area contributed by atoms with Crippen molar-refractivity contribution >= 4 is 27.2 Å². The SMILES string of the molecule is Cc1cc(=[N+]2CCN(C)CC2)cc2sc3cc(N4CCN(C)CC4)cc(C)c3nc1-2. The minimum atomic E-state index is 1.10. The van der Waals surface area contributed by atoms with E-state index in [2.05, 4.69) is 71.5 Å². The molecule has 3 aliphatic heterocycles. The minimum absolute atomic E-state index is 1.10. The molecule has 3 heterocycles. The smallest absolute Gasteiger partial charge is 0.201 e. The van der Waals surface area contributed by atoms with Crippen LogP contribution in [-0.2, 0) is 0 Å². The number of hydrogen-bond acceptors (Lipinski definition) is 5. The van der Waals surface area contributed by atoms with Gasteiger partial charge >= 0.3 is 0 Å². The molecule has 0 bridgehead atoms. The summed E-state index contributed by atoms with van der Waals surface area (Å²) < 4.78 is 3.82. The Bertz CT molecular complexity index is 1120. The lowest BCUT2D eigenvalue weighted by atomic mass is 10.1. The normalized spacial score (nSPS) is 19.2. The predicted octanol–water partition coefficient (Wildman–Crippen LogP) is 2.49. The van der Waals surface area contributed by atoms with Crippen molar-refractivity contribution < 1.29 is 0 Å². The first-order valence-electron chi connectivity index (χ1n) is 11.0. The summed E-state index contributed by atoms with van der Waals surface area (Å²) in [5.74, 6) is 0. The van der Waals surface area contributed by atoms with E-state index < -0.39 is 0 Å². The van der Waals surface area contributed by atoms with E-state index in [9.17, 15) is 0 Å². The molecule has 5 nitrogen and oxygen atoms in total. The molecule has 2 fully saturated rings. The van der Waals surface area contributed by atoms with E-state index in [1.807, 2.05) is 11.3 Å². The minimum Gasteiger partial charge on any atom is -0.369 e. The Kier molecular flexibility index (Phi) is 5.25. The molecule has 0 aromatic heterocycles. The number of nitrogens with zero attached hydrogens (tertiary/aromatic N) is 5. The molecule has 30 heavy (non-hydrogen) atoms. The van der Waals surface area contributed by atoms with Crippen molar-refractivity contribution in [3.05, 3.63) is 40.7 Å². The van der Waals surface area contributed by atoms with E-state index in [1.54, 1.807) is 0 Å². The second-order valence-corrected chi connectivity index (χ2v) is 10.1. The van der Waals surface area contributed by atoms with Crippen molar-refractivity contribution in [3.8, 4) is 10.6 Å². The van der Waals surface area contributed by atoms with Gasteiger partial charge in [0.15, 0.2) is 13.1 Å². The van der Waals surface area contributed by atoms with Gasteiger partial charge in [-0.25, -0.2) is 9.56 Å². The average Bonchev–Trinajstić information content (AvgIpc) is 2.73. The Morgan fingerprint density at radius 1 is 0.833 bits per heavy atom. The van der Waals surface area contributed by atoms with Gasteiger partial charge in [-0.1, -0.05) is 0 Å². The molecule has 0 atom stereocenters. The van der Waals surface area contributed by atoms with Crippen LogP contribution in [0.2, 0.25) is 0 Å². The molecule has 1 aromatic carbocycles. The fourth-order valence-electron chi connectivity index (χ4n) is 4.62. The van der Waals surface area contributed by atoms with Crippen molar-refractivity contribution in [2.75, 3.05) is 71.4 Å². The van der Waals surface area contributed by atoms with Crippen molar-refractivity contribution in [1.29, 1.82) is 0 Å². The molecule has 0 spiro atoms. The van der Waals surface area contributed by atoms with Gasteiger partial charge in [-0.3, -0.25) is 4.90 Å². The molecule has 4 aliphatic rings. The van der Waals surface area contributed by atoms with E-state index in [-0.39, 0.29) is 0 Å². The highest BCUT2D eigenvalue weighted by Gasteiger charge is 2.20. The summed E-state index contributed by atoms with van der Waals surface area (Å²) in [5, 5.41) is 1.34. The number of rotatable bonds is 1. The second-order valence-electron chi connectivity index (χ2n) is 9.01. The van der Waals surface area contributed by atoms with E-state index in [0.717, 1.165) is 63.6 Å². The third-order valence-electron chi connectivity index (χ3n) is 6.68. The summed E-state index contributed by atoms with van der Waals surface area (Å²) >= 11 is 1.90. The van der Waals surface area contributed by atoms with Crippen molar-refractivity contribution in [2.24, 2.45) is 0 Å². The molecule has 0 radical (unpaired) electrons. The zero-order valence-electron chi connectivity index (χ0n) is 18.6. The Morgan fingerprint density at radius 2 is 1.53 bits per heavy atom. The van der Waals surface area contributed by atoms with Crippen LogP contribution < -0.4 is 14.8 Å². The van der Waals surface area contributed by atoms with Gasteiger partial charge in [-0.15, -0.1) is 11.3 Å². The topological polar surface area (TPSA) is 25.6 Å². The zero-order chi connectivity index (χ0) is 20.8. The number of fused-ring (bicyclic) bond motifs is 2. The Hall–Kier alpha value is -2.02. The van der Waals surface area contributed by atoms with Crippen LogP contribution in [0.25, 0.3) is 20.8 Å². The van der Waals surface area contributed by atoms with Crippen LogP contribution in [0.3, 0.4) is 0 Å². The van der Waals surface area contributed by atoms with Gasteiger partial charge < -0.3 is 9.80 Å². The van der Waals surface area contributed by atoms with Crippen molar-refractivity contribution in [2.45, 2.75) is 13.8 Å². The van der Waals surface area contributed by atoms with Gasteiger partial charge in [-0.2, -0.15) is 0 Å². The molecule has 0 unspecified atom stereocenters. The van der Waals surface area contributed by atoms with Crippen LogP contribution >= 0.6 is 11.3 Å². The lowest BCUT2D eigenvalue weighted by Crippen LogP contribution is -2.46. The highest BCUT2D eigenvalue weighted by molar-refractivity contribution is 7.21. The number of hydrogen-bond donors (Lipinski definition) is 0. The van der Waals surface area contributed by atoms with Crippen LogP contribution in [0.5, 0.6) is 0 Å². The fourth-order valence-corrected chi connectivity index (χ4v) is 5.83. The maximum absolute atomic E-state index is 5.13. The lowest BCUT2D eigenvalue weighted by molar-refractivity contribution is 0.267. The highest BCUT2D eigenvalue weighted by Crippen LogP contribution is 2.35. The second kappa shape index (κ2) is 7.91. The average molecular weight is 423 g/mol. The fraction of sp³-hybridized carbons (Fsp3) is 0.500. The van der Waals surface area contributed by atoms with E-state index in [4.69, 9.17) is 4.98 Å². The van der Waals surface area contributed by atoms with Gasteiger partial charge in [0, 0.05) is 44.0 Å². The first-order valence-corrected chi connectivity index (χ1v) is 11.9. The van der Waals surface area contributed by atoms with E-state index in [1.165, 1.54) is 31.7 Å². The maximum atomic E-state index is 5.13. The number of aryl methyl sites for hydroxylation is 2. The van der Waals surface area contributed by atoms with E-state index in [0.29, 0.717) is 0 Å². The third kappa shape index (κ3) is 3.72. The van der Waals surface area contributed by atoms with Crippen LogP contribution in [0.15, 0.2) is 24.3 Å². The number of aromatic nitrogens is 1. The molecule has 1 aromatic rings. The van der Waals surface area contributed by atoms with Crippen LogP contribution in [0, 0.1) is 13.8 Å². The summed E-state index contributed by atoms with van der Waals surface area (Å²) in [4.78, 5) is 13.8. The summed E-state index contributed by atoms with van der Waals surface area (Å²) in [6.07, 6.45) is 0. The Morgan fingerprint density at radius 3 is 2.27 bits per heavy atom. The van der Waals surface area contributed by atoms with Crippen LogP contribution in [0.4, 0.5) is 5.69 Å². The molecular weight excluding hydrogens is 390 g/mol. The zero-order valence-corrected chi connectivity index (χ0v) is 19.4. The van der Waals surface area contributed by atoms with Crippen LogP contribution in [0.1, 0.15) is 11.1 Å². The molecule has 0 saturated carbocycles. The number of likely N-dealkylation sites (N-methyl/N-ethyl adjacent to an activating group) is 2. The maximum Gasteiger partial charge on any atom is 0.201 e. The first kappa shape index (κ1) is 19.9. The predicted molar refractivity (Wildman–Crippen MR) is 128 cm³/mol. The molecule has 0 N–H and O–H groups in total. The summed E-state index contributed by atoms with van der Waals surface area (Å²) in [6.45, 7) is 13.3. The van der Waals surface area contributed by atoms with Crippen molar-refractivity contribution in [3.63, 3.8) is 0 Å². The Balaban J connectivity index is 1.62. The third-order valence-corrected chi connectivity index (χ3v) is 7.74. The van der Waals surface area contributed by atoms with Crippen molar-refractivity contribution in [1.82, 2.24) is 19.4 Å². The monoisotopic (exact) mass is 422 g/mol. The summed E-state index contributed by atoms with van der Waals surface area (Å²) in [7, 11) is 4.42. The van der Waals surface area contributed by atoms with Crippen LogP contribution in [-0.4, -0.2) is 81.2 Å². The van der Waals surface area contributed by atoms with Gasteiger partial charge in [0.05, 0.1) is 33.9 Å². The molecule has 158 valence electrons. The highest BCUT2D eigenvalue weighted by atomic mass is 32.1. The largest absolute Gasteiger partial charge is 0.369 e. The van der Waals surface area contributed by atoms with Gasteiger partial charge in [0.1, 0.15) is 0 Å². The lowest BCUT2D eigenvalue weighted by Gasteiger charge is -2.34. The molecule has 2 saturated heterocycles. The molecule has 1 aliphatic carbocycles. The van der Waals surface area contributed by atoms with Gasteiger partial charge in [0.2, 0.25) is 5.36 Å². The van der Waals surface area contributed by atoms with Gasteiger partial charge in [-0.05, 0) is 51.2 Å². The quantitative estimate of drug-likeness (QED) is 0.445. The molecular formula is C24H32N5S+. The first-order chi connectivity index (χ1) is 14.5. The van der Waals surface area contributed by atoms with E-state index >= 15 is 0 Å².